The molecule has 0 aliphatic heterocycles. The smallest absolute Gasteiger partial charge is 0.244 e. The molecule has 0 atom stereocenters. The van der Waals surface area contributed by atoms with Crippen molar-refractivity contribution in [2.45, 2.75) is 43.5 Å². The molecule has 1 saturated carbocycles. The molecule has 0 heterocycles. The summed E-state index contributed by atoms with van der Waals surface area (Å²) in [7, 11) is -3.86. The van der Waals surface area contributed by atoms with Gasteiger partial charge in [-0.25, -0.2) is 17.5 Å². The van der Waals surface area contributed by atoms with Crippen molar-refractivity contribution in [3.63, 3.8) is 0 Å². The van der Waals surface area contributed by atoms with Crippen LogP contribution >= 0.6 is 0 Å². The van der Waals surface area contributed by atoms with E-state index >= 15 is 0 Å². The van der Waals surface area contributed by atoms with Crippen molar-refractivity contribution in [2.75, 3.05) is 5.73 Å². The molecule has 3 N–H and O–H groups in total. The quantitative estimate of drug-likeness (QED) is 0.826. The SMILES string of the molecule is Cc1cc(N)cc(S(=O)(=O)NC2(C)CCC2)c1F. The topological polar surface area (TPSA) is 72.2 Å². The molecule has 0 spiro atoms. The van der Waals surface area contributed by atoms with E-state index in [1.54, 1.807) is 0 Å². The summed E-state index contributed by atoms with van der Waals surface area (Å²) >= 11 is 0. The summed E-state index contributed by atoms with van der Waals surface area (Å²) in [6.07, 6.45) is 2.53. The number of sulfonamides is 1. The highest BCUT2D eigenvalue weighted by atomic mass is 32.2. The van der Waals surface area contributed by atoms with E-state index in [2.05, 4.69) is 4.72 Å². The van der Waals surface area contributed by atoms with Gasteiger partial charge >= 0.3 is 0 Å². The van der Waals surface area contributed by atoms with E-state index in [4.69, 9.17) is 5.73 Å². The van der Waals surface area contributed by atoms with Gasteiger partial charge in [-0.15, -0.1) is 0 Å². The molecule has 0 aromatic heterocycles. The first-order valence-electron chi connectivity index (χ1n) is 5.83. The number of anilines is 1. The first kappa shape index (κ1) is 13.3. The van der Waals surface area contributed by atoms with Gasteiger partial charge in [0.1, 0.15) is 10.7 Å². The second-order valence-electron chi connectivity index (χ2n) is 5.17. The minimum atomic E-state index is -3.86. The Bertz CT molecular complexity index is 580. The number of hydrogen-bond donors (Lipinski definition) is 2. The highest BCUT2D eigenvalue weighted by molar-refractivity contribution is 7.89. The van der Waals surface area contributed by atoms with Crippen molar-refractivity contribution in [2.24, 2.45) is 0 Å². The summed E-state index contributed by atoms with van der Waals surface area (Å²) in [6, 6.07) is 2.58. The van der Waals surface area contributed by atoms with Gasteiger partial charge in [0.15, 0.2) is 0 Å². The molecule has 1 aromatic rings. The van der Waals surface area contributed by atoms with Crippen LogP contribution in [0.3, 0.4) is 0 Å². The van der Waals surface area contributed by atoms with E-state index in [9.17, 15) is 12.8 Å². The Balaban J connectivity index is 2.41. The molecular formula is C12H17FN2O2S. The molecule has 100 valence electrons. The molecule has 4 nitrogen and oxygen atoms in total. The number of benzene rings is 1. The lowest BCUT2D eigenvalue weighted by Crippen LogP contribution is -2.50. The largest absolute Gasteiger partial charge is 0.399 e. The summed E-state index contributed by atoms with van der Waals surface area (Å²) in [6.45, 7) is 3.32. The van der Waals surface area contributed by atoms with Gasteiger partial charge in [0.25, 0.3) is 0 Å². The molecule has 1 aliphatic rings. The standard InChI is InChI=1S/C12H17FN2O2S/c1-8-6-9(14)7-10(11(8)13)18(16,17)15-12(2)4-3-5-12/h6-7,15H,3-5,14H2,1-2H3. The summed E-state index contributed by atoms with van der Waals surface area (Å²) in [4.78, 5) is -0.367. The van der Waals surface area contributed by atoms with Gasteiger partial charge in [0.2, 0.25) is 10.0 Å². The van der Waals surface area contributed by atoms with Crippen molar-refractivity contribution >= 4 is 15.7 Å². The molecule has 18 heavy (non-hydrogen) atoms. The van der Waals surface area contributed by atoms with Crippen LogP contribution < -0.4 is 10.5 Å². The van der Waals surface area contributed by atoms with Crippen LogP contribution in [0.4, 0.5) is 10.1 Å². The number of hydrogen-bond acceptors (Lipinski definition) is 3. The van der Waals surface area contributed by atoms with Crippen LogP contribution in [-0.2, 0) is 10.0 Å². The van der Waals surface area contributed by atoms with Crippen LogP contribution in [0.15, 0.2) is 17.0 Å². The third-order valence-corrected chi connectivity index (χ3v) is 5.01. The van der Waals surface area contributed by atoms with E-state index in [0.29, 0.717) is 0 Å². The maximum absolute atomic E-state index is 13.9. The number of aryl methyl sites for hydroxylation is 1. The third kappa shape index (κ3) is 2.35. The molecule has 1 fully saturated rings. The summed E-state index contributed by atoms with van der Waals surface area (Å²) in [5.41, 5.74) is 5.60. The lowest BCUT2D eigenvalue weighted by Gasteiger charge is -2.38. The van der Waals surface area contributed by atoms with Gasteiger partial charge in [-0.3, -0.25) is 0 Å². The zero-order valence-corrected chi connectivity index (χ0v) is 11.3. The third-order valence-electron chi connectivity index (χ3n) is 3.37. The Hall–Kier alpha value is -1.14. The highest BCUT2D eigenvalue weighted by Crippen LogP contribution is 2.33. The normalized spacial score (nSPS) is 18.4. The van der Waals surface area contributed by atoms with Crippen LogP contribution in [0.5, 0.6) is 0 Å². The Morgan fingerprint density at radius 1 is 1.39 bits per heavy atom. The van der Waals surface area contributed by atoms with E-state index < -0.39 is 21.4 Å². The van der Waals surface area contributed by atoms with Crippen LogP contribution in [0.1, 0.15) is 31.7 Å². The Morgan fingerprint density at radius 3 is 2.50 bits per heavy atom. The van der Waals surface area contributed by atoms with E-state index in [-0.39, 0.29) is 16.1 Å². The maximum Gasteiger partial charge on any atom is 0.244 e. The Kier molecular flexibility index (Phi) is 3.11. The molecular weight excluding hydrogens is 255 g/mol. The second-order valence-corrected chi connectivity index (χ2v) is 6.82. The number of halogens is 1. The zero-order valence-electron chi connectivity index (χ0n) is 10.5. The molecule has 1 aliphatic carbocycles. The number of nitrogens with one attached hydrogen (secondary N) is 1. The molecule has 1 aromatic carbocycles. The fourth-order valence-corrected chi connectivity index (χ4v) is 3.80. The molecule has 0 radical (unpaired) electrons. The lowest BCUT2D eigenvalue weighted by molar-refractivity contribution is 0.247. The van der Waals surface area contributed by atoms with E-state index in [0.717, 1.165) is 25.3 Å². The van der Waals surface area contributed by atoms with Gasteiger partial charge < -0.3 is 5.73 Å². The molecule has 0 bridgehead atoms. The predicted octanol–water partition coefficient (Wildman–Crippen LogP) is 1.94. The first-order chi connectivity index (χ1) is 8.23. The van der Waals surface area contributed by atoms with Crippen molar-refractivity contribution < 1.29 is 12.8 Å². The van der Waals surface area contributed by atoms with Gasteiger partial charge in [-0.2, -0.15) is 0 Å². The monoisotopic (exact) mass is 272 g/mol. The Labute approximate surface area is 106 Å². The average Bonchev–Trinajstić information content (AvgIpc) is 2.20. The van der Waals surface area contributed by atoms with Crippen molar-refractivity contribution in [1.82, 2.24) is 4.72 Å². The van der Waals surface area contributed by atoms with Crippen LogP contribution in [0, 0.1) is 12.7 Å². The molecule has 2 rings (SSSR count). The number of nitrogen functional groups attached to an aromatic ring is 1. The highest BCUT2D eigenvalue weighted by Gasteiger charge is 2.37. The van der Waals surface area contributed by atoms with Crippen molar-refractivity contribution in [3.05, 3.63) is 23.5 Å². The number of rotatable bonds is 3. The van der Waals surface area contributed by atoms with E-state index in [1.165, 1.54) is 13.0 Å². The second kappa shape index (κ2) is 4.20. The summed E-state index contributed by atoms with van der Waals surface area (Å²) in [5.74, 6) is -0.736. The number of nitrogens with two attached hydrogens (primary N) is 1. The molecule has 0 unspecified atom stereocenters. The van der Waals surface area contributed by atoms with Gasteiger partial charge in [0, 0.05) is 11.2 Å². The predicted molar refractivity (Wildman–Crippen MR) is 68.1 cm³/mol. The molecule has 6 heteroatoms. The van der Waals surface area contributed by atoms with Crippen LogP contribution in [0.25, 0.3) is 0 Å². The fraction of sp³-hybridized carbons (Fsp3) is 0.500. The minimum absolute atomic E-state index is 0.231. The molecule has 0 saturated heterocycles. The summed E-state index contributed by atoms with van der Waals surface area (Å²) in [5, 5.41) is 0. The maximum atomic E-state index is 13.9. The van der Waals surface area contributed by atoms with Crippen molar-refractivity contribution in [3.8, 4) is 0 Å². The van der Waals surface area contributed by atoms with Crippen LogP contribution in [-0.4, -0.2) is 14.0 Å². The minimum Gasteiger partial charge on any atom is -0.399 e. The Morgan fingerprint density at radius 2 is 2.00 bits per heavy atom. The molecule has 0 amide bonds. The van der Waals surface area contributed by atoms with Gasteiger partial charge in [-0.1, -0.05) is 0 Å². The summed E-state index contributed by atoms with van der Waals surface area (Å²) < 4.78 is 40.8. The average molecular weight is 272 g/mol. The lowest BCUT2D eigenvalue weighted by atomic mass is 9.80. The fourth-order valence-electron chi connectivity index (χ4n) is 2.15. The van der Waals surface area contributed by atoms with Crippen molar-refractivity contribution in [1.29, 1.82) is 0 Å². The van der Waals surface area contributed by atoms with Gasteiger partial charge in [0.05, 0.1) is 0 Å². The van der Waals surface area contributed by atoms with Gasteiger partial charge in [-0.05, 0) is 50.8 Å². The van der Waals surface area contributed by atoms with E-state index in [1.807, 2.05) is 6.92 Å². The zero-order chi connectivity index (χ0) is 13.6. The first-order valence-corrected chi connectivity index (χ1v) is 7.31. The van der Waals surface area contributed by atoms with Crippen LogP contribution in [0.2, 0.25) is 0 Å².